The molecule has 1 fully saturated rings. The predicted octanol–water partition coefficient (Wildman–Crippen LogP) is 0.610. The Morgan fingerprint density at radius 2 is 2.11 bits per heavy atom. The van der Waals surface area contributed by atoms with Gasteiger partial charge in [-0.3, -0.25) is 0 Å². The van der Waals surface area contributed by atoms with Crippen LogP contribution in [0.5, 0.6) is 0 Å². The van der Waals surface area contributed by atoms with Gasteiger partial charge in [-0.1, -0.05) is 19.6 Å². The molecular weight excluding hydrogens is 244 g/mol. The maximum absolute atomic E-state index is 10.9. The lowest BCUT2D eigenvalue weighted by molar-refractivity contribution is -0.174. The molecule has 0 aliphatic heterocycles. The first-order valence-corrected chi connectivity index (χ1v) is 6.88. The van der Waals surface area contributed by atoms with Gasteiger partial charge in [0.05, 0.1) is 18.8 Å². The van der Waals surface area contributed by atoms with Crippen molar-refractivity contribution < 1.29 is 20.4 Å². The minimum absolute atomic E-state index is 0.0930. The predicted molar refractivity (Wildman–Crippen MR) is 72.3 cm³/mol. The molecule has 0 aromatic rings. The molecule has 0 radical (unpaired) electrons. The summed E-state index contributed by atoms with van der Waals surface area (Å²) >= 11 is 0. The molecule has 0 aromatic heterocycles. The van der Waals surface area contributed by atoms with Gasteiger partial charge in [-0.2, -0.15) is 0 Å². The van der Waals surface area contributed by atoms with Crippen LogP contribution in [-0.2, 0) is 0 Å². The van der Waals surface area contributed by atoms with E-state index in [0.717, 1.165) is 12.0 Å². The van der Waals surface area contributed by atoms with Gasteiger partial charge < -0.3 is 20.4 Å². The van der Waals surface area contributed by atoms with E-state index in [4.69, 9.17) is 0 Å². The zero-order valence-corrected chi connectivity index (χ0v) is 11.6. The fourth-order valence-electron chi connectivity index (χ4n) is 3.79. The van der Waals surface area contributed by atoms with Gasteiger partial charge in [-0.15, -0.1) is 0 Å². The second-order valence-electron chi connectivity index (χ2n) is 6.13. The first-order chi connectivity index (χ1) is 8.83. The van der Waals surface area contributed by atoms with Crippen molar-refractivity contribution in [1.82, 2.24) is 0 Å². The summed E-state index contributed by atoms with van der Waals surface area (Å²) in [6.07, 6.45) is 1.44. The maximum Gasteiger partial charge on any atom is 0.119 e. The topological polar surface area (TPSA) is 80.9 Å². The summed E-state index contributed by atoms with van der Waals surface area (Å²) in [6.45, 7) is 7.17. The fraction of sp³-hybridized carbons (Fsp3) is 0.733. The molecule has 1 saturated carbocycles. The number of aliphatic hydroxyl groups is 4. The van der Waals surface area contributed by atoms with Crippen LogP contribution in [0.25, 0.3) is 0 Å². The maximum atomic E-state index is 10.9. The van der Waals surface area contributed by atoms with E-state index < -0.39 is 23.7 Å². The Hall–Kier alpha value is -0.680. The number of fused-ring (bicyclic) bond motifs is 1. The lowest BCUT2D eigenvalue weighted by Gasteiger charge is -2.54. The molecule has 19 heavy (non-hydrogen) atoms. The second-order valence-corrected chi connectivity index (χ2v) is 6.13. The molecule has 1 unspecified atom stereocenters. The zero-order valence-electron chi connectivity index (χ0n) is 11.6. The summed E-state index contributed by atoms with van der Waals surface area (Å²) in [5.41, 5.74) is -0.608. The average molecular weight is 268 g/mol. The molecule has 0 heterocycles. The van der Waals surface area contributed by atoms with Crippen LogP contribution in [0.1, 0.15) is 26.7 Å². The molecule has 2 aliphatic carbocycles. The fourth-order valence-corrected chi connectivity index (χ4v) is 3.79. The molecule has 0 bridgehead atoms. The summed E-state index contributed by atoms with van der Waals surface area (Å²) in [6, 6.07) is 0. The van der Waals surface area contributed by atoms with Gasteiger partial charge in [0.2, 0.25) is 0 Å². The quantitative estimate of drug-likeness (QED) is 0.553. The molecular formula is C15H24O4. The third kappa shape index (κ3) is 2.07. The van der Waals surface area contributed by atoms with Crippen molar-refractivity contribution in [3.8, 4) is 0 Å². The largest absolute Gasteiger partial charge is 0.392 e. The van der Waals surface area contributed by atoms with E-state index in [-0.39, 0.29) is 24.0 Å². The molecule has 2 rings (SSSR count). The van der Waals surface area contributed by atoms with Crippen molar-refractivity contribution in [2.45, 2.75) is 44.5 Å². The summed E-state index contributed by atoms with van der Waals surface area (Å²) < 4.78 is 0. The molecule has 0 spiro atoms. The van der Waals surface area contributed by atoms with Crippen LogP contribution in [0.4, 0.5) is 0 Å². The summed E-state index contributed by atoms with van der Waals surface area (Å²) in [5.74, 6) is -0.197. The van der Waals surface area contributed by atoms with E-state index in [1.807, 2.05) is 19.9 Å². The van der Waals surface area contributed by atoms with Crippen LogP contribution in [0.2, 0.25) is 0 Å². The molecule has 4 heteroatoms. The molecule has 0 saturated heterocycles. The van der Waals surface area contributed by atoms with E-state index in [9.17, 15) is 20.4 Å². The van der Waals surface area contributed by atoms with Crippen molar-refractivity contribution in [3.05, 3.63) is 23.8 Å². The smallest absolute Gasteiger partial charge is 0.119 e. The Balaban J connectivity index is 2.47. The first-order valence-electron chi connectivity index (χ1n) is 6.88. The highest BCUT2D eigenvalue weighted by Crippen LogP contribution is 2.50. The Bertz CT molecular complexity index is 403. The van der Waals surface area contributed by atoms with Crippen molar-refractivity contribution in [2.24, 2.45) is 17.8 Å². The van der Waals surface area contributed by atoms with Crippen molar-refractivity contribution in [3.63, 3.8) is 0 Å². The summed E-state index contributed by atoms with van der Waals surface area (Å²) in [4.78, 5) is 0. The van der Waals surface area contributed by atoms with Gasteiger partial charge in [0.25, 0.3) is 0 Å². The van der Waals surface area contributed by atoms with Gasteiger partial charge >= 0.3 is 0 Å². The van der Waals surface area contributed by atoms with Crippen molar-refractivity contribution >= 4 is 0 Å². The van der Waals surface area contributed by atoms with Gasteiger partial charge in [0.1, 0.15) is 5.60 Å². The molecule has 108 valence electrons. The van der Waals surface area contributed by atoms with Crippen LogP contribution in [-0.4, -0.2) is 44.8 Å². The number of aliphatic hydroxyl groups excluding tert-OH is 3. The highest BCUT2D eigenvalue weighted by molar-refractivity contribution is 5.28. The molecule has 6 atom stereocenters. The second kappa shape index (κ2) is 5.02. The Morgan fingerprint density at radius 1 is 1.47 bits per heavy atom. The highest BCUT2D eigenvalue weighted by Gasteiger charge is 2.57. The Labute approximate surface area is 114 Å². The van der Waals surface area contributed by atoms with Gasteiger partial charge in [0.15, 0.2) is 0 Å². The first kappa shape index (κ1) is 14.7. The standard InChI is InChI=1S/C15H24O4/c1-8-4-5-11-9(2)6-12(17)15(19,10(3)7-16)13(11)14(8)18/h4,9,11-14,16-19H,3,5-7H2,1-2H3/t9-,11+,12+,13+,14+,15?/m1/s1. The van der Waals surface area contributed by atoms with Gasteiger partial charge in [0, 0.05) is 5.92 Å². The zero-order chi connectivity index (χ0) is 14.4. The van der Waals surface area contributed by atoms with E-state index in [1.165, 1.54) is 0 Å². The van der Waals surface area contributed by atoms with Gasteiger partial charge in [-0.05, 0) is 42.7 Å². The molecule has 4 nitrogen and oxygen atoms in total. The van der Waals surface area contributed by atoms with E-state index >= 15 is 0 Å². The Morgan fingerprint density at radius 3 is 2.68 bits per heavy atom. The van der Waals surface area contributed by atoms with Crippen LogP contribution in [0.3, 0.4) is 0 Å². The number of hydrogen-bond donors (Lipinski definition) is 4. The summed E-state index contributed by atoms with van der Waals surface area (Å²) in [7, 11) is 0. The summed E-state index contributed by atoms with van der Waals surface area (Å²) in [5, 5.41) is 40.9. The number of hydrogen-bond acceptors (Lipinski definition) is 4. The van der Waals surface area contributed by atoms with Gasteiger partial charge in [-0.25, -0.2) is 0 Å². The van der Waals surface area contributed by atoms with E-state index in [2.05, 4.69) is 6.58 Å². The van der Waals surface area contributed by atoms with E-state index in [1.54, 1.807) is 0 Å². The van der Waals surface area contributed by atoms with E-state index in [0.29, 0.717) is 6.42 Å². The van der Waals surface area contributed by atoms with Crippen LogP contribution < -0.4 is 0 Å². The molecule has 2 aliphatic rings. The van der Waals surface area contributed by atoms with Crippen LogP contribution in [0.15, 0.2) is 23.8 Å². The average Bonchev–Trinajstić information content (AvgIpc) is 2.38. The number of rotatable bonds is 2. The molecule has 0 amide bonds. The highest BCUT2D eigenvalue weighted by atomic mass is 16.3. The SMILES string of the molecule is C=C(CO)C1(O)[C@H]2[C@@H](CC=C(C)[C@@H]2O)[C@H](C)C[C@@H]1O. The molecule has 4 N–H and O–H groups in total. The lowest BCUT2D eigenvalue weighted by Crippen LogP contribution is -2.62. The minimum atomic E-state index is -1.61. The lowest BCUT2D eigenvalue weighted by atomic mass is 9.56. The van der Waals surface area contributed by atoms with Crippen molar-refractivity contribution in [1.29, 1.82) is 0 Å². The van der Waals surface area contributed by atoms with Crippen LogP contribution >= 0.6 is 0 Å². The third-order valence-electron chi connectivity index (χ3n) is 5.08. The monoisotopic (exact) mass is 268 g/mol. The third-order valence-corrected chi connectivity index (χ3v) is 5.08. The Kier molecular flexibility index (Phi) is 3.89. The minimum Gasteiger partial charge on any atom is -0.392 e. The number of allylic oxidation sites excluding steroid dienone is 1. The normalized spacial score (nSPS) is 46.4. The molecule has 0 aromatic carbocycles. The van der Waals surface area contributed by atoms with Crippen LogP contribution in [0, 0.1) is 17.8 Å². The van der Waals surface area contributed by atoms with Crippen molar-refractivity contribution in [2.75, 3.05) is 6.61 Å².